The van der Waals surface area contributed by atoms with E-state index >= 15 is 0 Å². The standard InChI is InChI=1S/C18H21N3O/c1-18(2,21(22)15-8-4-3-5-9-15)17-11-10-16(20-17)14-7-6-12-19-13-14/h3-9,12-13,17,22H,10-11H2,1-2H3. The quantitative estimate of drug-likeness (QED) is 0.875. The van der Waals surface area contributed by atoms with Gasteiger partial charge in [0.25, 0.3) is 0 Å². The number of hydrogen-bond acceptors (Lipinski definition) is 4. The molecule has 1 N–H and O–H groups in total. The highest BCUT2D eigenvalue weighted by molar-refractivity contribution is 6.01. The van der Waals surface area contributed by atoms with Crippen molar-refractivity contribution in [3.05, 3.63) is 60.4 Å². The molecule has 1 atom stereocenters. The van der Waals surface area contributed by atoms with Crippen LogP contribution in [0.3, 0.4) is 0 Å². The maximum absolute atomic E-state index is 10.6. The van der Waals surface area contributed by atoms with Crippen molar-refractivity contribution in [1.82, 2.24) is 4.98 Å². The molecule has 3 rings (SSSR count). The van der Waals surface area contributed by atoms with Gasteiger partial charge in [-0.2, -0.15) is 0 Å². The highest BCUT2D eigenvalue weighted by Crippen LogP contribution is 2.32. The summed E-state index contributed by atoms with van der Waals surface area (Å²) in [6, 6.07) is 13.6. The van der Waals surface area contributed by atoms with E-state index in [0.29, 0.717) is 0 Å². The maximum atomic E-state index is 10.6. The first-order valence-corrected chi connectivity index (χ1v) is 7.60. The van der Waals surface area contributed by atoms with Crippen molar-refractivity contribution in [3.8, 4) is 0 Å². The van der Waals surface area contributed by atoms with Crippen molar-refractivity contribution in [3.63, 3.8) is 0 Å². The van der Waals surface area contributed by atoms with E-state index in [1.807, 2.05) is 62.5 Å². The lowest BCUT2D eigenvalue weighted by molar-refractivity contribution is 0.151. The Labute approximate surface area is 131 Å². The van der Waals surface area contributed by atoms with Crippen LogP contribution in [-0.2, 0) is 0 Å². The molecule has 0 amide bonds. The van der Waals surface area contributed by atoms with Gasteiger partial charge in [-0.3, -0.25) is 15.2 Å². The predicted octanol–water partition coefficient (Wildman–Crippen LogP) is 3.71. The molecule has 22 heavy (non-hydrogen) atoms. The molecular formula is C18H21N3O. The van der Waals surface area contributed by atoms with Crippen LogP contribution in [0.1, 0.15) is 32.3 Å². The van der Waals surface area contributed by atoms with E-state index in [2.05, 4.69) is 4.98 Å². The molecule has 1 aliphatic heterocycles. The largest absolute Gasteiger partial charge is 0.288 e. The number of para-hydroxylation sites is 1. The molecule has 1 aliphatic rings. The van der Waals surface area contributed by atoms with Crippen molar-refractivity contribution in [2.45, 2.75) is 38.3 Å². The van der Waals surface area contributed by atoms with Crippen LogP contribution in [0, 0.1) is 0 Å². The smallest absolute Gasteiger partial charge is 0.0838 e. The summed E-state index contributed by atoms with van der Waals surface area (Å²) in [5, 5.41) is 12.0. The van der Waals surface area contributed by atoms with E-state index in [4.69, 9.17) is 4.99 Å². The summed E-state index contributed by atoms with van der Waals surface area (Å²) in [7, 11) is 0. The minimum absolute atomic E-state index is 0.0490. The van der Waals surface area contributed by atoms with Crippen LogP contribution in [0.15, 0.2) is 59.9 Å². The second kappa shape index (κ2) is 5.89. The number of rotatable bonds is 4. The second-order valence-corrected chi connectivity index (χ2v) is 6.17. The first-order valence-electron chi connectivity index (χ1n) is 7.60. The number of aliphatic imine (C=N–C) groups is 1. The molecule has 0 bridgehead atoms. The summed E-state index contributed by atoms with van der Waals surface area (Å²) in [4.78, 5) is 9.01. The van der Waals surface area contributed by atoms with Crippen molar-refractivity contribution < 1.29 is 5.21 Å². The molecule has 1 aromatic carbocycles. The van der Waals surface area contributed by atoms with Crippen LogP contribution in [0.25, 0.3) is 0 Å². The topological polar surface area (TPSA) is 48.7 Å². The first-order chi connectivity index (χ1) is 10.6. The molecule has 0 radical (unpaired) electrons. The van der Waals surface area contributed by atoms with Crippen molar-refractivity contribution in [1.29, 1.82) is 0 Å². The Kier molecular flexibility index (Phi) is 3.94. The zero-order valence-electron chi connectivity index (χ0n) is 13.0. The van der Waals surface area contributed by atoms with Gasteiger partial charge >= 0.3 is 0 Å². The number of aromatic nitrogens is 1. The number of hydroxylamine groups is 1. The third-order valence-corrected chi connectivity index (χ3v) is 4.32. The summed E-state index contributed by atoms with van der Waals surface area (Å²) in [6.45, 7) is 4.06. The van der Waals surface area contributed by atoms with Gasteiger partial charge in [-0.1, -0.05) is 24.3 Å². The van der Waals surface area contributed by atoms with Gasteiger partial charge in [0.05, 0.1) is 17.3 Å². The van der Waals surface area contributed by atoms with E-state index in [0.717, 1.165) is 29.8 Å². The Morgan fingerprint density at radius 1 is 1.14 bits per heavy atom. The lowest BCUT2D eigenvalue weighted by Gasteiger charge is -2.38. The van der Waals surface area contributed by atoms with Gasteiger partial charge in [0.2, 0.25) is 0 Å². The summed E-state index contributed by atoms with van der Waals surface area (Å²) in [5.41, 5.74) is 2.47. The lowest BCUT2D eigenvalue weighted by atomic mass is 9.92. The van der Waals surface area contributed by atoms with Gasteiger partial charge in [0, 0.05) is 23.7 Å². The number of hydrogen-bond donors (Lipinski definition) is 1. The number of anilines is 1. The predicted molar refractivity (Wildman–Crippen MR) is 88.6 cm³/mol. The average Bonchev–Trinajstić information content (AvgIpc) is 3.06. The normalized spacial score (nSPS) is 18.1. The van der Waals surface area contributed by atoms with Crippen LogP contribution < -0.4 is 5.06 Å². The van der Waals surface area contributed by atoms with E-state index in [1.165, 1.54) is 5.06 Å². The molecule has 2 heterocycles. The zero-order chi connectivity index (χ0) is 15.6. The maximum Gasteiger partial charge on any atom is 0.0838 e. The van der Waals surface area contributed by atoms with Crippen LogP contribution in [0.5, 0.6) is 0 Å². The van der Waals surface area contributed by atoms with Gasteiger partial charge in [-0.15, -0.1) is 0 Å². The molecule has 2 aromatic rings. The molecule has 0 saturated carbocycles. The van der Waals surface area contributed by atoms with Gasteiger partial charge in [-0.05, 0) is 44.9 Å². The summed E-state index contributed by atoms with van der Waals surface area (Å²) in [6.07, 6.45) is 5.47. The monoisotopic (exact) mass is 295 g/mol. The van der Waals surface area contributed by atoms with Crippen LogP contribution >= 0.6 is 0 Å². The minimum Gasteiger partial charge on any atom is -0.288 e. The average molecular weight is 295 g/mol. The fraction of sp³-hybridized carbons (Fsp3) is 0.333. The molecular weight excluding hydrogens is 274 g/mol. The molecule has 0 aliphatic carbocycles. The fourth-order valence-electron chi connectivity index (χ4n) is 2.90. The van der Waals surface area contributed by atoms with Gasteiger partial charge < -0.3 is 0 Å². The van der Waals surface area contributed by atoms with Gasteiger partial charge in [0.1, 0.15) is 0 Å². The van der Waals surface area contributed by atoms with E-state index in [-0.39, 0.29) is 6.04 Å². The number of pyridine rings is 1. The molecule has 1 aromatic heterocycles. The van der Waals surface area contributed by atoms with E-state index in [9.17, 15) is 5.21 Å². The van der Waals surface area contributed by atoms with Crippen molar-refractivity contribution in [2.24, 2.45) is 4.99 Å². The van der Waals surface area contributed by atoms with Crippen molar-refractivity contribution in [2.75, 3.05) is 5.06 Å². The summed E-state index contributed by atoms with van der Waals surface area (Å²) >= 11 is 0. The Morgan fingerprint density at radius 2 is 1.91 bits per heavy atom. The third-order valence-electron chi connectivity index (χ3n) is 4.32. The third kappa shape index (κ3) is 2.74. The number of benzene rings is 1. The van der Waals surface area contributed by atoms with Crippen LogP contribution in [0.2, 0.25) is 0 Å². The molecule has 0 fully saturated rings. The minimum atomic E-state index is -0.467. The van der Waals surface area contributed by atoms with Crippen molar-refractivity contribution >= 4 is 11.4 Å². The molecule has 4 nitrogen and oxygen atoms in total. The van der Waals surface area contributed by atoms with E-state index in [1.54, 1.807) is 6.20 Å². The lowest BCUT2D eigenvalue weighted by Crippen LogP contribution is -2.49. The van der Waals surface area contributed by atoms with Crippen LogP contribution in [-0.4, -0.2) is 27.5 Å². The molecule has 4 heteroatoms. The Morgan fingerprint density at radius 3 is 2.59 bits per heavy atom. The second-order valence-electron chi connectivity index (χ2n) is 6.17. The summed E-state index contributed by atoms with van der Waals surface area (Å²) < 4.78 is 0. The zero-order valence-corrected chi connectivity index (χ0v) is 13.0. The van der Waals surface area contributed by atoms with Crippen LogP contribution in [0.4, 0.5) is 5.69 Å². The van der Waals surface area contributed by atoms with E-state index < -0.39 is 5.54 Å². The SMILES string of the molecule is CC(C)(C1CCC(c2cccnc2)=N1)N(O)c1ccccc1. The Balaban J connectivity index is 1.83. The van der Waals surface area contributed by atoms with Gasteiger partial charge in [0.15, 0.2) is 0 Å². The number of nitrogens with zero attached hydrogens (tertiary/aromatic N) is 3. The first kappa shape index (κ1) is 14.7. The molecule has 1 unspecified atom stereocenters. The van der Waals surface area contributed by atoms with Gasteiger partial charge in [-0.25, -0.2) is 5.06 Å². The summed E-state index contributed by atoms with van der Waals surface area (Å²) in [5.74, 6) is 0. The highest BCUT2D eigenvalue weighted by Gasteiger charge is 2.38. The fourth-order valence-corrected chi connectivity index (χ4v) is 2.90. The molecule has 0 spiro atoms. The Bertz CT molecular complexity index is 653. The Hall–Kier alpha value is -2.20. The molecule has 114 valence electrons. The molecule has 0 saturated heterocycles. The highest BCUT2D eigenvalue weighted by atomic mass is 16.5.